The molecular weight excluding hydrogens is 440 g/mol. The summed E-state index contributed by atoms with van der Waals surface area (Å²) < 4.78 is 0. The van der Waals surface area contributed by atoms with Crippen LogP contribution in [0.15, 0.2) is 0 Å². The summed E-state index contributed by atoms with van der Waals surface area (Å²) in [6, 6.07) is -0.464. The summed E-state index contributed by atoms with van der Waals surface area (Å²) in [5.74, 6) is 2.60. The van der Waals surface area contributed by atoms with E-state index in [1.54, 1.807) is 0 Å². The second-order valence-electron chi connectivity index (χ2n) is 11.5. The third kappa shape index (κ3) is 9.30. The largest absolute Gasteiger partial charge is 0.356 e. The zero-order valence-corrected chi connectivity index (χ0v) is 21.9. The number of carbonyl (C=O) groups is 2. The molecular formula is C27H52N6O2. The van der Waals surface area contributed by atoms with Gasteiger partial charge in [-0.25, -0.2) is 0 Å². The SMILES string of the molecule is NCCCNCCCCNCCCNC(=O)[C@H](N)CCCCNC(=O)C12CC3CC(CC(C3)C1)C2. The molecule has 8 nitrogen and oxygen atoms in total. The number of hydrogen-bond donors (Lipinski definition) is 6. The van der Waals surface area contributed by atoms with E-state index in [9.17, 15) is 9.59 Å². The minimum atomic E-state index is -0.464. The Kier molecular flexibility index (Phi) is 12.3. The summed E-state index contributed by atoms with van der Waals surface area (Å²) >= 11 is 0. The van der Waals surface area contributed by atoms with Crippen LogP contribution in [-0.2, 0) is 9.59 Å². The van der Waals surface area contributed by atoms with Crippen molar-refractivity contribution < 1.29 is 9.59 Å². The highest BCUT2D eigenvalue weighted by atomic mass is 16.2. The minimum absolute atomic E-state index is 0.0637. The predicted molar refractivity (Wildman–Crippen MR) is 142 cm³/mol. The Morgan fingerprint density at radius 2 is 1.23 bits per heavy atom. The van der Waals surface area contributed by atoms with Gasteiger partial charge in [-0.15, -0.1) is 0 Å². The van der Waals surface area contributed by atoms with Crippen LogP contribution in [0.5, 0.6) is 0 Å². The summed E-state index contributed by atoms with van der Waals surface area (Å²) in [6.45, 7) is 6.06. The molecule has 0 spiro atoms. The van der Waals surface area contributed by atoms with E-state index in [2.05, 4.69) is 21.3 Å². The molecule has 0 heterocycles. The fraction of sp³-hybridized carbons (Fsp3) is 0.926. The van der Waals surface area contributed by atoms with Gasteiger partial charge in [0.25, 0.3) is 0 Å². The summed E-state index contributed by atoms with van der Waals surface area (Å²) in [6.07, 6.45) is 14.1. The number of nitrogens with two attached hydrogens (primary N) is 2. The molecule has 0 radical (unpaired) electrons. The van der Waals surface area contributed by atoms with Gasteiger partial charge in [-0.05, 0) is 134 Å². The van der Waals surface area contributed by atoms with Crippen molar-refractivity contribution >= 4 is 11.8 Å². The Balaban J connectivity index is 1.13. The third-order valence-electron chi connectivity index (χ3n) is 8.43. The molecule has 0 unspecified atom stereocenters. The number of amides is 2. The highest BCUT2D eigenvalue weighted by Gasteiger charge is 2.54. The van der Waals surface area contributed by atoms with Crippen molar-refractivity contribution in [1.82, 2.24) is 21.3 Å². The second kappa shape index (κ2) is 15.1. The van der Waals surface area contributed by atoms with Crippen LogP contribution >= 0.6 is 0 Å². The van der Waals surface area contributed by atoms with Gasteiger partial charge in [0.2, 0.25) is 11.8 Å². The first-order valence-electron chi connectivity index (χ1n) is 14.5. The van der Waals surface area contributed by atoms with Crippen molar-refractivity contribution in [2.24, 2.45) is 34.6 Å². The molecule has 0 aromatic heterocycles. The Bertz CT molecular complexity index is 608. The maximum absolute atomic E-state index is 13.0. The normalized spacial score (nSPS) is 27.7. The van der Waals surface area contributed by atoms with E-state index in [0.717, 1.165) is 108 Å². The van der Waals surface area contributed by atoms with Crippen molar-refractivity contribution in [3.8, 4) is 0 Å². The average Bonchev–Trinajstić information content (AvgIpc) is 2.83. The monoisotopic (exact) mass is 492 g/mol. The van der Waals surface area contributed by atoms with E-state index in [0.29, 0.717) is 25.4 Å². The molecule has 4 bridgehead atoms. The lowest BCUT2D eigenvalue weighted by Gasteiger charge is -2.55. The summed E-state index contributed by atoms with van der Waals surface area (Å²) in [7, 11) is 0. The van der Waals surface area contributed by atoms with Gasteiger partial charge in [-0.3, -0.25) is 9.59 Å². The Labute approximate surface area is 212 Å². The Hall–Kier alpha value is -1.22. The van der Waals surface area contributed by atoms with Crippen LogP contribution in [0.4, 0.5) is 0 Å². The molecule has 202 valence electrons. The first kappa shape index (κ1) is 28.4. The molecule has 2 amide bonds. The van der Waals surface area contributed by atoms with Gasteiger partial charge in [0.15, 0.2) is 0 Å². The zero-order valence-electron chi connectivity index (χ0n) is 21.9. The van der Waals surface area contributed by atoms with Gasteiger partial charge in [-0.1, -0.05) is 0 Å². The highest BCUT2D eigenvalue weighted by Crippen LogP contribution is 2.60. The van der Waals surface area contributed by atoms with E-state index >= 15 is 0 Å². The zero-order chi connectivity index (χ0) is 24.9. The van der Waals surface area contributed by atoms with Gasteiger partial charge >= 0.3 is 0 Å². The Morgan fingerprint density at radius 3 is 1.83 bits per heavy atom. The highest BCUT2D eigenvalue weighted by molar-refractivity contribution is 5.83. The van der Waals surface area contributed by atoms with Gasteiger partial charge in [0.05, 0.1) is 6.04 Å². The van der Waals surface area contributed by atoms with Crippen LogP contribution in [0.25, 0.3) is 0 Å². The molecule has 4 aliphatic rings. The molecule has 1 atom stereocenters. The molecule has 0 aromatic rings. The van der Waals surface area contributed by atoms with Crippen molar-refractivity contribution in [3.63, 3.8) is 0 Å². The van der Waals surface area contributed by atoms with Crippen molar-refractivity contribution in [2.75, 3.05) is 45.8 Å². The molecule has 4 saturated carbocycles. The fourth-order valence-electron chi connectivity index (χ4n) is 6.93. The molecule has 35 heavy (non-hydrogen) atoms. The van der Waals surface area contributed by atoms with E-state index in [-0.39, 0.29) is 11.3 Å². The molecule has 0 aliphatic heterocycles. The van der Waals surface area contributed by atoms with Crippen LogP contribution < -0.4 is 32.7 Å². The maximum Gasteiger partial charge on any atom is 0.236 e. The molecule has 0 saturated heterocycles. The second-order valence-corrected chi connectivity index (χ2v) is 11.5. The van der Waals surface area contributed by atoms with Crippen LogP contribution in [-0.4, -0.2) is 63.7 Å². The van der Waals surface area contributed by atoms with Gasteiger partial charge < -0.3 is 32.7 Å². The quantitative estimate of drug-likeness (QED) is 0.152. The lowest BCUT2D eigenvalue weighted by Crippen LogP contribution is -2.53. The number of nitrogens with one attached hydrogen (secondary N) is 4. The average molecular weight is 493 g/mol. The van der Waals surface area contributed by atoms with Gasteiger partial charge in [0, 0.05) is 18.5 Å². The number of carbonyl (C=O) groups excluding carboxylic acids is 2. The van der Waals surface area contributed by atoms with E-state index < -0.39 is 6.04 Å². The van der Waals surface area contributed by atoms with Crippen molar-refractivity contribution in [1.29, 1.82) is 0 Å². The summed E-state index contributed by atoms with van der Waals surface area (Å²) in [5, 5.41) is 13.0. The summed E-state index contributed by atoms with van der Waals surface area (Å²) in [5.41, 5.74) is 11.5. The van der Waals surface area contributed by atoms with E-state index in [4.69, 9.17) is 11.5 Å². The topological polar surface area (TPSA) is 134 Å². The first-order valence-corrected chi connectivity index (χ1v) is 14.5. The number of hydrogen-bond acceptors (Lipinski definition) is 6. The van der Waals surface area contributed by atoms with E-state index in [1.165, 1.54) is 19.3 Å². The molecule has 4 rings (SSSR count). The lowest BCUT2D eigenvalue weighted by molar-refractivity contribution is -0.146. The van der Waals surface area contributed by atoms with Crippen LogP contribution in [0.2, 0.25) is 0 Å². The van der Waals surface area contributed by atoms with Crippen molar-refractivity contribution in [3.05, 3.63) is 0 Å². The fourth-order valence-corrected chi connectivity index (χ4v) is 6.93. The molecule has 8 N–H and O–H groups in total. The predicted octanol–water partition coefficient (Wildman–Crippen LogP) is 1.63. The van der Waals surface area contributed by atoms with Crippen LogP contribution in [0, 0.1) is 23.2 Å². The molecule has 4 fully saturated rings. The standard InChI is InChI=1S/C27H52N6O2/c28-8-5-11-30-9-3-4-10-31-12-6-14-32-25(34)24(29)7-1-2-13-33-26(35)27-18-21-15-22(19-27)17-23(16-21)20-27/h21-24,30-31H,1-20,28-29H2,(H,32,34)(H,33,35)/t21?,22?,23?,24-,27?/m1/s1. The third-order valence-corrected chi connectivity index (χ3v) is 8.43. The molecule has 8 heteroatoms. The smallest absolute Gasteiger partial charge is 0.236 e. The van der Waals surface area contributed by atoms with Crippen LogP contribution in [0.1, 0.15) is 83.5 Å². The van der Waals surface area contributed by atoms with Crippen molar-refractivity contribution in [2.45, 2.75) is 89.5 Å². The molecule has 4 aliphatic carbocycles. The first-order chi connectivity index (χ1) is 17.0. The maximum atomic E-state index is 13.0. The lowest BCUT2D eigenvalue weighted by atomic mass is 9.49. The van der Waals surface area contributed by atoms with Crippen LogP contribution in [0.3, 0.4) is 0 Å². The number of unbranched alkanes of at least 4 members (excludes halogenated alkanes) is 2. The van der Waals surface area contributed by atoms with E-state index in [1.807, 2.05) is 0 Å². The number of rotatable bonds is 19. The Morgan fingerprint density at radius 1 is 0.714 bits per heavy atom. The van der Waals surface area contributed by atoms with Gasteiger partial charge in [-0.2, -0.15) is 0 Å². The van der Waals surface area contributed by atoms with Gasteiger partial charge in [0.1, 0.15) is 0 Å². The summed E-state index contributed by atoms with van der Waals surface area (Å²) in [4.78, 5) is 25.2. The molecule has 0 aromatic carbocycles. The minimum Gasteiger partial charge on any atom is -0.356 e.